The number of halogens is 1. The minimum atomic E-state index is 0. The van der Waals surface area contributed by atoms with E-state index in [1.807, 2.05) is 18.2 Å². The maximum atomic E-state index is 9.23. The van der Waals surface area contributed by atoms with Crippen LogP contribution in [-0.4, -0.2) is 5.11 Å². The summed E-state index contributed by atoms with van der Waals surface area (Å²) in [6, 6.07) is 17.9. The lowest BCUT2D eigenvalue weighted by atomic mass is 9.94. The second-order valence-corrected chi connectivity index (χ2v) is 4.18. The van der Waals surface area contributed by atoms with Gasteiger partial charge in [-0.2, -0.15) is 0 Å². The molecule has 4 N–H and O–H groups in total. The SMILES string of the molecule is CC(Cc1ccccc1)c1ccc(O)cc1.Cl.N. The summed E-state index contributed by atoms with van der Waals surface area (Å²) >= 11 is 0. The minimum absolute atomic E-state index is 0. The highest BCUT2D eigenvalue weighted by Crippen LogP contribution is 2.22. The van der Waals surface area contributed by atoms with Crippen molar-refractivity contribution >= 4 is 12.4 Å². The quantitative estimate of drug-likeness (QED) is 0.868. The van der Waals surface area contributed by atoms with E-state index in [2.05, 4.69) is 31.2 Å². The van der Waals surface area contributed by atoms with E-state index in [1.54, 1.807) is 12.1 Å². The monoisotopic (exact) mass is 265 g/mol. The van der Waals surface area contributed by atoms with Gasteiger partial charge in [0.15, 0.2) is 0 Å². The Balaban J connectivity index is 0.00000144. The topological polar surface area (TPSA) is 55.2 Å². The molecule has 0 saturated carbocycles. The van der Waals surface area contributed by atoms with Crippen molar-refractivity contribution in [1.82, 2.24) is 6.15 Å². The van der Waals surface area contributed by atoms with Crippen molar-refractivity contribution in [3.63, 3.8) is 0 Å². The van der Waals surface area contributed by atoms with Crippen molar-refractivity contribution in [2.75, 3.05) is 0 Å². The molecule has 0 fully saturated rings. The van der Waals surface area contributed by atoms with Crippen LogP contribution in [0.3, 0.4) is 0 Å². The zero-order valence-electron chi connectivity index (χ0n) is 10.5. The third-order valence-electron chi connectivity index (χ3n) is 2.85. The molecule has 0 radical (unpaired) electrons. The van der Waals surface area contributed by atoms with Gasteiger partial charge in [-0.15, -0.1) is 12.4 Å². The molecule has 3 heteroatoms. The van der Waals surface area contributed by atoms with Gasteiger partial charge in [0, 0.05) is 0 Å². The first-order valence-electron chi connectivity index (χ1n) is 5.58. The molecule has 1 unspecified atom stereocenters. The highest BCUT2D eigenvalue weighted by molar-refractivity contribution is 5.85. The van der Waals surface area contributed by atoms with Gasteiger partial charge < -0.3 is 11.3 Å². The summed E-state index contributed by atoms with van der Waals surface area (Å²) < 4.78 is 0. The molecular formula is C15H20ClNO. The average Bonchev–Trinajstić information content (AvgIpc) is 2.31. The van der Waals surface area contributed by atoms with Crippen LogP contribution >= 0.6 is 12.4 Å². The van der Waals surface area contributed by atoms with Crippen LogP contribution in [0.5, 0.6) is 5.75 Å². The summed E-state index contributed by atoms with van der Waals surface area (Å²) in [6.07, 6.45) is 1.03. The Bertz CT molecular complexity index is 442. The van der Waals surface area contributed by atoms with Crippen LogP contribution in [-0.2, 0) is 6.42 Å². The molecule has 2 aromatic carbocycles. The molecule has 2 rings (SSSR count). The van der Waals surface area contributed by atoms with Crippen molar-refractivity contribution < 1.29 is 5.11 Å². The van der Waals surface area contributed by atoms with Crippen molar-refractivity contribution in [1.29, 1.82) is 0 Å². The Morgan fingerprint density at radius 3 is 2.06 bits per heavy atom. The van der Waals surface area contributed by atoms with E-state index in [-0.39, 0.29) is 18.6 Å². The zero-order valence-corrected chi connectivity index (χ0v) is 11.4. The maximum Gasteiger partial charge on any atom is 0.115 e. The molecule has 2 nitrogen and oxygen atoms in total. The van der Waals surface area contributed by atoms with E-state index in [0.717, 1.165) is 6.42 Å². The molecule has 0 aliphatic rings. The van der Waals surface area contributed by atoms with Gasteiger partial charge in [-0.05, 0) is 35.6 Å². The Kier molecular flexibility index (Phi) is 7.10. The van der Waals surface area contributed by atoms with Gasteiger partial charge in [-0.25, -0.2) is 0 Å². The summed E-state index contributed by atoms with van der Waals surface area (Å²) in [4.78, 5) is 0. The van der Waals surface area contributed by atoms with Crippen molar-refractivity contribution in [3.8, 4) is 5.75 Å². The number of benzene rings is 2. The van der Waals surface area contributed by atoms with Gasteiger partial charge in [0.2, 0.25) is 0 Å². The lowest BCUT2D eigenvalue weighted by Crippen LogP contribution is -1.97. The Morgan fingerprint density at radius 1 is 0.944 bits per heavy atom. The predicted octanol–water partition coefficient (Wildman–Crippen LogP) is 4.32. The molecule has 98 valence electrons. The molecule has 1 atom stereocenters. The number of hydrogen-bond acceptors (Lipinski definition) is 2. The number of rotatable bonds is 3. The molecule has 0 bridgehead atoms. The lowest BCUT2D eigenvalue weighted by molar-refractivity contribution is 0.475. The Hall–Kier alpha value is -1.51. The molecule has 0 saturated heterocycles. The molecule has 2 aromatic rings. The van der Waals surface area contributed by atoms with E-state index in [0.29, 0.717) is 11.7 Å². The molecular weight excluding hydrogens is 246 g/mol. The summed E-state index contributed by atoms with van der Waals surface area (Å²) in [5.41, 5.74) is 2.62. The Morgan fingerprint density at radius 2 is 1.50 bits per heavy atom. The van der Waals surface area contributed by atoms with E-state index >= 15 is 0 Å². The zero-order chi connectivity index (χ0) is 11.4. The normalized spacial score (nSPS) is 10.9. The van der Waals surface area contributed by atoms with E-state index in [1.165, 1.54) is 11.1 Å². The van der Waals surface area contributed by atoms with Crippen LogP contribution in [0.25, 0.3) is 0 Å². The molecule has 0 aliphatic carbocycles. The highest BCUT2D eigenvalue weighted by Gasteiger charge is 2.06. The van der Waals surface area contributed by atoms with E-state index in [9.17, 15) is 5.11 Å². The van der Waals surface area contributed by atoms with E-state index < -0.39 is 0 Å². The number of phenols is 1. The molecule has 0 amide bonds. The fraction of sp³-hybridized carbons (Fsp3) is 0.200. The van der Waals surface area contributed by atoms with Gasteiger partial charge in [0.05, 0.1) is 0 Å². The first-order chi connectivity index (χ1) is 7.75. The molecule has 0 aliphatic heterocycles. The van der Waals surface area contributed by atoms with Gasteiger partial charge in [0.1, 0.15) is 5.75 Å². The van der Waals surface area contributed by atoms with Crippen molar-refractivity contribution in [2.24, 2.45) is 0 Å². The average molecular weight is 266 g/mol. The highest BCUT2D eigenvalue weighted by atomic mass is 35.5. The number of aromatic hydroxyl groups is 1. The van der Waals surface area contributed by atoms with Crippen LogP contribution in [0.2, 0.25) is 0 Å². The van der Waals surface area contributed by atoms with Crippen molar-refractivity contribution in [2.45, 2.75) is 19.3 Å². The first kappa shape index (κ1) is 16.5. The van der Waals surface area contributed by atoms with Gasteiger partial charge in [-0.1, -0.05) is 49.4 Å². The first-order valence-corrected chi connectivity index (χ1v) is 5.58. The minimum Gasteiger partial charge on any atom is -0.508 e. The van der Waals surface area contributed by atoms with Crippen LogP contribution in [0.15, 0.2) is 54.6 Å². The van der Waals surface area contributed by atoms with Crippen LogP contribution < -0.4 is 6.15 Å². The molecule has 0 aromatic heterocycles. The van der Waals surface area contributed by atoms with Crippen molar-refractivity contribution in [3.05, 3.63) is 65.7 Å². The predicted molar refractivity (Wildman–Crippen MR) is 78.9 cm³/mol. The number of hydrogen-bond donors (Lipinski definition) is 2. The van der Waals surface area contributed by atoms with Gasteiger partial charge in [0.25, 0.3) is 0 Å². The van der Waals surface area contributed by atoms with E-state index in [4.69, 9.17) is 0 Å². The third-order valence-corrected chi connectivity index (χ3v) is 2.85. The summed E-state index contributed by atoms with van der Waals surface area (Å²) in [5, 5.41) is 9.23. The molecule has 18 heavy (non-hydrogen) atoms. The summed E-state index contributed by atoms with van der Waals surface area (Å²) in [5.74, 6) is 0.804. The standard InChI is InChI=1S/C15H16O.ClH.H3N/c1-12(11-13-5-3-2-4-6-13)14-7-9-15(16)10-8-14;;/h2-10,12,16H,11H2,1H3;1H;1H3. The molecule has 0 spiro atoms. The Labute approximate surface area is 115 Å². The fourth-order valence-corrected chi connectivity index (χ4v) is 1.89. The fourth-order valence-electron chi connectivity index (χ4n) is 1.89. The summed E-state index contributed by atoms with van der Waals surface area (Å²) in [6.45, 7) is 2.21. The van der Waals surface area contributed by atoms with Gasteiger partial charge >= 0.3 is 0 Å². The smallest absolute Gasteiger partial charge is 0.115 e. The van der Waals surface area contributed by atoms with Crippen LogP contribution in [0, 0.1) is 0 Å². The third kappa shape index (κ3) is 4.40. The van der Waals surface area contributed by atoms with Crippen LogP contribution in [0.1, 0.15) is 24.0 Å². The van der Waals surface area contributed by atoms with Gasteiger partial charge in [-0.3, -0.25) is 0 Å². The largest absolute Gasteiger partial charge is 0.508 e. The number of phenolic OH excluding ortho intramolecular Hbond substituents is 1. The second-order valence-electron chi connectivity index (χ2n) is 4.18. The molecule has 0 heterocycles. The van der Waals surface area contributed by atoms with Crippen LogP contribution in [0.4, 0.5) is 0 Å². The summed E-state index contributed by atoms with van der Waals surface area (Å²) in [7, 11) is 0. The maximum absolute atomic E-state index is 9.23. The lowest BCUT2D eigenvalue weighted by Gasteiger charge is -2.11. The second kappa shape index (κ2) is 7.75.